The average molecular weight is 239 g/mol. The van der Waals surface area contributed by atoms with Gasteiger partial charge in [0, 0.05) is 19.2 Å². The highest BCUT2D eigenvalue weighted by atomic mass is 16.5. The lowest BCUT2D eigenvalue weighted by Crippen LogP contribution is -2.03. The Morgan fingerprint density at radius 3 is 1.71 bits per heavy atom. The molecule has 0 aliphatic rings. The second kappa shape index (κ2) is 6.89. The van der Waals surface area contributed by atoms with Crippen LogP contribution in [0.4, 0.5) is 5.69 Å². The van der Waals surface area contributed by atoms with Crippen molar-refractivity contribution in [2.24, 2.45) is 0 Å². The zero-order valence-corrected chi connectivity index (χ0v) is 11.0. The maximum Gasteiger partial charge on any atom is 0.149 e. The Bertz CT molecular complexity index is 326. The molecule has 1 N–H and O–H groups in total. The zero-order valence-electron chi connectivity index (χ0n) is 11.0. The summed E-state index contributed by atoms with van der Waals surface area (Å²) in [4.78, 5) is 0. The van der Waals surface area contributed by atoms with Gasteiger partial charge in [0.15, 0.2) is 0 Å². The summed E-state index contributed by atoms with van der Waals surface area (Å²) in [5, 5.41) is 3.10. The quantitative estimate of drug-likeness (QED) is 0.794. The fourth-order valence-corrected chi connectivity index (χ4v) is 1.60. The van der Waals surface area contributed by atoms with E-state index in [1.165, 1.54) is 0 Å². The molecule has 4 heteroatoms. The van der Waals surface area contributed by atoms with Crippen molar-refractivity contribution in [2.45, 2.75) is 20.8 Å². The maximum absolute atomic E-state index is 5.58. The third-order valence-electron chi connectivity index (χ3n) is 2.20. The summed E-state index contributed by atoms with van der Waals surface area (Å²) in [6.45, 7) is 7.69. The molecular formula is C13H21NO3. The third-order valence-corrected chi connectivity index (χ3v) is 2.20. The summed E-state index contributed by atoms with van der Waals surface area (Å²) in [7, 11) is 1.85. The first-order valence-corrected chi connectivity index (χ1v) is 6.00. The second-order valence-corrected chi connectivity index (χ2v) is 3.34. The van der Waals surface area contributed by atoms with Crippen LogP contribution in [-0.2, 0) is 0 Å². The van der Waals surface area contributed by atoms with Crippen LogP contribution in [-0.4, -0.2) is 26.9 Å². The average Bonchev–Trinajstić information content (AvgIpc) is 2.30. The molecular weight excluding hydrogens is 218 g/mol. The molecule has 0 saturated carbocycles. The van der Waals surface area contributed by atoms with E-state index in [2.05, 4.69) is 5.32 Å². The van der Waals surface area contributed by atoms with Gasteiger partial charge in [-0.05, 0) is 20.8 Å². The van der Waals surface area contributed by atoms with E-state index in [-0.39, 0.29) is 0 Å². The number of nitrogens with one attached hydrogen (secondary N) is 1. The molecule has 17 heavy (non-hydrogen) atoms. The van der Waals surface area contributed by atoms with Crippen LogP contribution < -0.4 is 19.5 Å². The van der Waals surface area contributed by atoms with Crippen LogP contribution in [0.15, 0.2) is 12.1 Å². The van der Waals surface area contributed by atoms with Crippen molar-refractivity contribution in [3.63, 3.8) is 0 Å². The Morgan fingerprint density at radius 1 is 0.882 bits per heavy atom. The van der Waals surface area contributed by atoms with Crippen molar-refractivity contribution < 1.29 is 14.2 Å². The van der Waals surface area contributed by atoms with E-state index in [0.29, 0.717) is 19.8 Å². The predicted molar refractivity (Wildman–Crippen MR) is 69.5 cm³/mol. The lowest BCUT2D eigenvalue weighted by Gasteiger charge is -2.16. The van der Waals surface area contributed by atoms with Gasteiger partial charge in [-0.2, -0.15) is 0 Å². The van der Waals surface area contributed by atoms with E-state index < -0.39 is 0 Å². The summed E-state index contributed by atoms with van der Waals surface area (Å²) >= 11 is 0. The minimum absolute atomic E-state index is 0.607. The maximum atomic E-state index is 5.58. The predicted octanol–water partition coefficient (Wildman–Crippen LogP) is 2.92. The Labute approximate surface area is 103 Å². The van der Waals surface area contributed by atoms with Crippen molar-refractivity contribution in [3.8, 4) is 17.2 Å². The normalized spacial score (nSPS) is 9.88. The molecule has 0 heterocycles. The molecule has 0 bridgehead atoms. The molecule has 0 unspecified atom stereocenters. The van der Waals surface area contributed by atoms with Gasteiger partial charge in [-0.15, -0.1) is 0 Å². The Hall–Kier alpha value is -1.58. The highest BCUT2D eigenvalue weighted by molar-refractivity contribution is 5.68. The molecule has 96 valence electrons. The van der Waals surface area contributed by atoms with E-state index in [4.69, 9.17) is 14.2 Å². The van der Waals surface area contributed by atoms with Crippen LogP contribution in [0.25, 0.3) is 0 Å². The SMILES string of the molecule is CCOc1cc(OCC)c(NC)c(OCC)c1. The van der Waals surface area contributed by atoms with Crippen molar-refractivity contribution in [2.75, 3.05) is 32.2 Å². The first-order chi connectivity index (χ1) is 8.26. The van der Waals surface area contributed by atoms with Gasteiger partial charge < -0.3 is 19.5 Å². The fraction of sp³-hybridized carbons (Fsp3) is 0.538. The van der Waals surface area contributed by atoms with Crippen molar-refractivity contribution in [1.29, 1.82) is 0 Å². The smallest absolute Gasteiger partial charge is 0.149 e. The summed E-state index contributed by atoms with van der Waals surface area (Å²) in [6.07, 6.45) is 0. The van der Waals surface area contributed by atoms with E-state index in [0.717, 1.165) is 22.9 Å². The van der Waals surface area contributed by atoms with Crippen LogP contribution in [0.2, 0.25) is 0 Å². The molecule has 1 aromatic carbocycles. The first kappa shape index (κ1) is 13.5. The van der Waals surface area contributed by atoms with E-state index >= 15 is 0 Å². The molecule has 0 radical (unpaired) electrons. The monoisotopic (exact) mass is 239 g/mol. The fourth-order valence-electron chi connectivity index (χ4n) is 1.60. The highest BCUT2D eigenvalue weighted by Crippen LogP contribution is 2.39. The van der Waals surface area contributed by atoms with Gasteiger partial charge >= 0.3 is 0 Å². The largest absolute Gasteiger partial charge is 0.494 e. The van der Waals surface area contributed by atoms with Gasteiger partial charge in [-0.3, -0.25) is 0 Å². The minimum atomic E-state index is 0.607. The number of benzene rings is 1. The number of rotatable bonds is 7. The van der Waals surface area contributed by atoms with E-state index in [9.17, 15) is 0 Å². The van der Waals surface area contributed by atoms with Crippen LogP contribution >= 0.6 is 0 Å². The van der Waals surface area contributed by atoms with Crippen molar-refractivity contribution in [1.82, 2.24) is 0 Å². The van der Waals surface area contributed by atoms with Gasteiger partial charge in [0.1, 0.15) is 22.9 Å². The summed E-state index contributed by atoms with van der Waals surface area (Å²) in [6, 6.07) is 3.75. The summed E-state index contributed by atoms with van der Waals surface area (Å²) in [5.74, 6) is 2.27. The third kappa shape index (κ3) is 3.44. The molecule has 0 spiro atoms. The Balaban J connectivity index is 3.14. The van der Waals surface area contributed by atoms with Gasteiger partial charge in [-0.25, -0.2) is 0 Å². The van der Waals surface area contributed by atoms with Crippen LogP contribution in [0.1, 0.15) is 20.8 Å². The van der Waals surface area contributed by atoms with Gasteiger partial charge in [0.05, 0.1) is 19.8 Å². The molecule has 0 aliphatic heterocycles. The number of anilines is 1. The second-order valence-electron chi connectivity index (χ2n) is 3.34. The molecule has 0 fully saturated rings. The summed E-state index contributed by atoms with van der Waals surface area (Å²) < 4.78 is 16.7. The summed E-state index contributed by atoms with van der Waals surface area (Å²) in [5.41, 5.74) is 0.858. The van der Waals surface area contributed by atoms with Crippen LogP contribution in [0, 0.1) is 0 Å². The number of hydrogen-bond acceptors (Lipinski definition) is 4. The molecule has 1 rings (SSSR count). The lowest BCUT2D eigenvalue weighted by atomic mass is 10.2. The molecule has 0 saturated heterocycles. The van der Waals surface area contributed by atoms with E-state index in [1.54, 1.807) is 0 Å². The minimum Gasteiger partial charge on any atom is -0.494 e. The molecule has 0 atom stereocenters. The van der Waals surface area contributed by atoms with Gasteiger partial charge in [0.25, 0.3) is 0 Å². The first-order valence-electron chi connectivity index (χ1n) is 6.00. The van der Waals surface area contributed by atoms with E-state index in [1.807, 2.05) is 40.0 Å². The van der Waals surface area contributed by atoms with Crippen molar-refractivity contribution in [3.05, 3.63) is 12.1 Å². The zero-order chi connectivity index (χ0) is 12.7. The Morgan fingerprint density at radius 2 is 1.35 bits per heavy atom. The molecule has 0 amide bonds. The van der Waals surface area contributed by atoms with Crippen LogP contribution in [0.5, 0.6) is 17.2 Å². The van der Waals surface area contributed by atoms with Gasteiger partial charge in [0.2, 0.25) is 0 Å². The Kier molecular flexibility index (Phi) is 5.46. The van der Waals surface area contributed by atoms with Gasteiger partial charge in [-0.1, -0.05) is 0 Å². The number of hydrogen-bond donors (Lipinski definition) is 1. The number of ether oxygens (including phenoxy) is 3. The van der Waals surface area contributed by atoms with Crippen LogP contribution in [0.3, 0.4) is 0 Å². The molecule has 1 aromatic rings. The lowest BCUT2D eigenvalue weighted by molar-refractivity contribution is 0.309. The standard InChI is InChI=1S/C13H21NO3/c1-5-15-10-8-11(16-6-2)13(14-4)12(9-10)17-7-3/h8-9,14H,5-7H2,1-4H3. The molecule has 4 nitrogen and oxygen atoms in total. The molecule has 0 aromatic heterocycles. The highest BCUT2D eigenvalue weighted by Gasteiger charge is 2.12. The topological polar surface area (TPSA) is 39.7 Å². The molecule has 0 aliphatic carbocycles. The van der Waals surface area contributed by atoms with Crippen molar-refractivity contribution >= 4 is 5.69 Å².